The van der Waals surface area contributed by atoms with E-state index in [1.165, 1.54) is 23.1 Å². The lowest BCUT2D eigenvalue weighted by atomic mass is 9.91. The lowest BCUT2D eigenvalue weighted by molar-refractivity contribution is -0.138. The summed E-state index contributed by atoms with van der Waals surface area (Å²) < 4.78 is 13.7. The molecular formula is C36H30N4O4S2. The van der Waals surface area contributed by atoms with Crippen molar-refractivity contribution in [1.29, 1.82) is 0 Å². The van der Waals surface area contributed by atoms with Gasteiger partial charge < -0.3 is 14.1 Å². The fourth-order valence-corrected chi connectivity index (χ4v) is 7.24. The summed E-state index contributed by atoms with van der Waals surface area (Å²) in [6.45, 7) is 6.22. The first kappa shape index (κ1) is 29.8. The molecule has 0 radical (unpaired) electrons. The van der Waals surface area contributed by atoms with Crippen molar-refractivity contribution in [2.24, 2.45) is 4.99 Å². The van der Waals surface area contributed by atoms with Gasteiger partial charge in [-0.05, 0) is 60.0 Å². The van der Waals surface area contributed by atoms with Gasteiger partial charge in [-0.15, -0.1) is 0 Å². The van der Waals surface area contributed by atoms with E-state index in [0.717, 1.165) is 27.7 Å². The van der Waals surface area contributed by atoms with Gasteiger partial charge in [0.1, 0.15) is 5.76 Å². The molecule has 4 heterocycles. The third-order valence-corrected chi connectivity index (χ3v) is 9.52. The zero-order valence-electron chi connectivity index (χ0n) is 25.4. The Morgan fingerprint density at radius 2 is 1.80 bits per heavy atom. The van der Waals surface area contributed by atoms with Gasteiger partial charge in [-0.25, -0.2) is 14.8 Å². The zero-order valence-corrected chi connectivity index (χ0v) is 27.0. The van der Waals surface area contributed by atoms with Crippen LogP contribution in [-0.2, 0) is 9.53 Å². The van der Waals surface area contributed by atoms with Crippen molar-refractivity contribution in [1.82, 2.24) is 14.5 Å². The molecule has 8 nitrogen and oxygen atoms in total. The van der Waals surface area contributed by atoms with E-state index in [9.17, 15) is 9.59 Å². The molecule has 3 aromatic carbocycles. The van der Waals surface area contributed by atoms with Gasteiger partial charge in [0.25, 0.3) is 5.56 Å². The number of furan rings is 1. The number of hydrogen-bond acceptors (Lipinski definition) is 8. The number of imidazole rings is 1. The van der Waals surface area contributed by atoms with E-state index in [-0.39, 0.29) is 12.2 Å². The van der Waals surface area contributed by atoms with Crippen molar-refractivity contribution >= 4 is 51.9 Å². The standard InChI is InChI=1S/C36H30N4O4S2/c1-4-43-34(42)30-31(23-10-6-5-7-11-23)39-36-40(32(30)24-16-14-22(15-17-24)21(2)3)33(41)28(45-36)20-25-18-19-29(44-25)46-35-37-26-12-8-9-13-27(26)38-35/h5-21,32H,4H2,1-3H3,(H,37,38)/b28-20+/t32-/m0/s1. The van der Waals surface area contributed by atoms with Crippen molar-refractivity contribution in [3.05, 3.63) is 139 Å². The molecule has 6 aromatic rings. The number of hydrogen-bond donors (Lipinski definition) is 1. The summed E-state index contributed by atoms with van der Waals surface area (Å²) >= 11 is 2.63. The lowest BCUT2D eigenvalue weighted by Gasteiger charge is -2.26. The minimum atomic E-state index is -0.732. The summed E-state index contributed by atoms with van der Waals surface area (Å²) in [5, 5.41) is 1.35. The molecule has 46 heavy (non-hydrogen) atoms. The Morgan fingerprint density at radius 1 is 1.04 bits per heavy atom. The van der Waals surface area contributed by atoms with Crippen molar-refractivity contribution in [2.75, 3.05) is 6.61 Å². The number of para-hydroxylation sites is 2. The number of aromatic nitrogens is 3. The third kappa shape index (κ3) is 5.65. The van der Waals surface area contributed by atoms with E-state index >= 15 is 0 Å². The molecule has 10 heteroatoms. The van der Waals surface area contributed by atoms with Crippen LogP contribution in [0.4, 0.5) is 0 Å². The number of esters is 1. The van der Waals surface area contributed by atoms with Crippen LogP contribution in [0, 0.1) is 0 Å². The van der Waals surface area contributed by atoms with Crippen LogP contribution in [0.2, 0.25) is 0 Å². The van der Waals surface area contributed by atoms with Gasteiger partial charge in [0.2, 0.25) is 0 Å². The molecule has 0 bridgehead atoms. The van der Waals surface area contributed by atoms with Crippen LogP contribution in [0.15, 0.2) is 121 Å². The summed E-state index contributed by atoms with van der Waals surface area (Å²) in [6, 6.07) is 28.4. The molecule has 1 atom stereocenters. The van der Waals surface area contributed by atoms with Crippen LogP contribution >= 0.6 is 23.1 Å². The Morgan fingerprint density at radius 3 is 2.54 bits per heavy atom. The zero-order chi connectivity index (χ0) is 31.8. The number of ether oxygens (including phenoxy) is 1. The monoisotopic (exact) mass is 646 g/mol. The second-order valence-electron chi connectivity index (χ2n) is 11.1. The Hall–Kier alpha value is -4.93. The summed E-state index contributed by atoms with van der Waals surface area (Å²) in [4.78, 5) is 41.2. The molecule has 0 aliphatic carbocycles. The number of benzene rings is 3. The molecule has 7 rings (SSSR count). The molecular weight excluding hydrogens is 617 g/mol. The number of carbonyl (C=O) groups excluding carboxylic acids is 1. The number of thiazole rings is 1. The average molecular weight is 647 g/mol. The maximum Gasteiger partial charge on any atom is 0.338 e. The van der Waals surface area contributed by atoms with Gasteiger partial charge in [0.05, 0.1) is 39.5 Å². The van der Waals surface area contributed by atoms with Gasteiger partial charge in [-0.2, -0.15) is 0 Å². The first-order valence-corrected chi connectivity index (χ1v) is 16.6. The topological polar surface area (TPSA) is 102 Å². The van der Waals surface area contributed by atoms with Crippen LogP contribution in [0.1, 0.15) is 55.2 Å². The predicted octanol–water partition coefficient (Wildman–Crippen LogP) is 6.68. The smallest absolute Gasteiger partial charge is 0.338 e. The second-order valence-corrected chi connectivity index (χ2v) is 13.1. The quantitative estimate of drug-likeness (QED) is 0.185. The Kier molecular flexibility index (Phi) is 8.06. The number of H-pyrrole nitrogens is 1. The molecule has 0 saturated heterocycles. The first-order valence-electron chi connectivity index (χ1n) is 15.0. The van der Waals surface area contributed by atoms with Crippen LogP contribution in [-0.4, -0.2) is 27.1 Å². The van der Waals surface area contributed by atoms with Gasteiger partial charge >= 0.3 is 5.97 Å². The third-order valence-electron chi connectivity index (χ3n) is 7.73. The molecule has 0 spiro atoms. The maximum atomic E-state index is 14.2. The Balaban J connectivity index is 1.35. The number of nitrogens with one attached hydrogen (secondary N) is 1. The minimum Gasteiger partial charge on any atom is -0.463 e. The highest BCUT2D eigenvalue weighted by Crippen LogP contribution is 2.36. The van der Waals surface area contributed by atoms with E-state index in [0.29, 0.717) is 42.5 Å². The first-order chi connectivity index (χ1) is 22.4. The molecule has 0 saturated carbocycles. The summed E-state index contributed by atoms with van der Waals surface area (Å²) in [5.74, 6) is 0.351. The van der Waals surface area contributed by atoms with Crippen molar-refractivity contribution in [3.63, 3.8) is 0 Å². The van der Waals surface area contributed by atoms with E-state index in [2.05, 4.69) is 23.8 Å². The van der Waals surface area contributed by atoms with Crippen molar-refractivity contribution in [2.45, 2.75) is 43.0 Å². The number of carbonyl (C=O) groups is 1. The van der Waals surface area contributed by atoms with Gasteiger partial charge in [0, 0.05) is 11.6 Å². The van der Waals surface area contributed by atoms with E-state index in [1.54, 1.807) is 17.6 Å². The van der Waals surface area contributed by atoms with Crippen LogP contribution in [0.5, 0.6) is 0 Å². The number of rotatable bonds is 8. The van der Waals surface area contributed by atoms with Crippen molar-refractivity contribution < 1.29 is 13.9 Å². The van der Waals surface area contributed by atoms with E-state index < -0.39 is 12.0 Å². The summed E-state index contributed by atoms with van der Waals surface area (Å²) in [6.07, 6.45) is 1.72. The highest BCUT2D eigenvalue weighted by molar-refractivity contribution is 7.99. The van der Waals surface area contributed by atoms with Crippen LogP contribution in [0.25, 0.3) is 22.8 Å². The normalized spacial score (nSPS) is 15.0. The fourth-order valence-electron chi connectivity index (χ4n) is 5.49. The van der Waals surface area contributed by atoms with E-state index in [4.69, 9.17) is 14.1 Å². The Bertz CT molecular complexity index is 2240. The van der Waals surface area contributed by atoms with Crippen molar-refractivity contribution in [3.8, 4) is 0 Å². The number of nitrogens with zero attached hydrogens (tertiary/aromatic N) is 3. The SMILES string of the molecule is CCOC(=O)C1=C(c2ccccc2)N=c2s/c(=C/c3ccc(Sc4nc5ccccc5[nH]4)o3)c(=O)n2[C@H]1c1ccc(C(C)C)cc1. The minimum absolute atomic E-state index is 0.195. The average Bonchev–Trinajstić information content (AvgIpc) is 3.77. The summed E-state index contributed by atoms with van der Waals surface area (Å²) in [7, 11) is 0. The maximum absolute atomic E-state index is 14.2. The van der Waals surface area contributed by atoms with Gasteiger partial charge in [-0.3, -0.25) is 9.36 Å². The molecule has 1 aliphatic rings. The lowest BCUT2D eigenvalue weighted by Crippen LogP contribution is -2.40. The van der Waals surface area contributed by atoms with Gasteiger partial charge in [0.15, 0.2) is 15.1 Å². The number of aromatic amines is 1. The predicted molar refractivity (Wildman–Crippen MR) is 181 cm³/mol. The highest BCUT2D eigenvalue weighted by Gasteiger charge is 2.35. The molecule has 230 valence electrons. The molecule has 0 amide bonds. The molecule has 1 aliphatic heterocycles. The number of fused-ring (bicyclic) bond motifs is 2. The van der Waals surface area contributed by atoms with Gasteiger partial charge in [-0.1, -0.05) is 91.9 Å². The molecule has 3 aromatic heterocycles. The van der Waals surface area contributed by atoms with Crippen LogP contribution in [0.3, 0.4) is 0 Å². The second kappa shape index (κ2) is 12.5. The molecule has 0 fully saturated rings. The molecule has 1 N–H and O–H groups in total. The molecule has 0 unspecified atom stereocenters. The summed E-state index contributed by atoms with van der Waals surface area (Å²) in [5.41, 5.74) is 5.11. The largest absolute Gasteiger partial charge is 0.463 e. The highest BCUT2D eigenvalue weighted by atomic mass is 32.2. The van der Waals surface area contributed by atoms with E-state index in [1.807, 2.05) is 91.0 Å². The Labute approximate surface area is 272 Å². The van der Waals surface area contributed by atoms with Crippen LogP contribution < -0.4 is 14.9 Å². The fraction of sp³-hybridized carbons (Fsp3) is 0.167.